The molecule has 0 amide bonds. The smallest absolute Gasteiger partial charge is 0.309 e. The molecule has 0 saturated carbocycles. The van der Waals surface area contributed by atoms with E-state index in [0.29, 0.717) is 4.88 Å². The number of aromatic nitrogens is 1. The van der Waals surface area contributed by atoms with Crippen LogP contribution >= 0.6 is 11.3 Å². The Morgan fingerprint density at radius 2 is 1.81 bits per heavy atom. The molecule has 0 aliphatic heterocycles. The van der Waals surface area contributed by atoms with Crippen molar-refractivity contribution < 1.29 is 13.2 Å². The van der Waals surface area contributed by atoms with Crippen molar-refractivity contribution in [3.05, 3.63) is 16.1 Å². The Morgan fingerprint density at radius 1 is 1.14 bits per heavy atom. The van der Waals surface area contributed by atoms with Crippen LogP contribution in [0.2, 0.25) is 0 Å². The minimum absolute atomic E-state index is 0.00484. The number of nitrogens with zero attached hydrogens (tertiary/aromatic N) is 1. The second-order valence-electron chi connectivity index (χ2n) is 5.23. The molecule has 0 bridgehead atoms. The van der Waals surface area contributed by atoms with Crippen molar-refractivity contribution in [3.63, 3.8) is 0 Å². The zero-order valence-electron chi connectivity index (χ0n) is 12.8. The predicted octanol–water partition coefficient (Wildman–Crippen LogP) is 5.56. The fourth-order valence-electron chi connectivity index (χ4n) is 2.30. The summed E-state index contributed by atoms with van der Waals surface area (Å²) in [4.78, 5) is 4.21. The zero-order valence-corrected chi connectivity index (χ0v) is 13.6. The normalized spacial score (nSPS) is 13.6. The molecule has 0 aromatic carbocycles. The first-order valence-corrected chi connectivity index (χ1v) is 8.57. The Kier molecular flexibility index (Phi) is 8.26. The van der Waals surface area contributed by atoms with E-state index in [2.05, 4.69) is 17.2 Å². The predicted molar refractivity (Wildman–Crippen MR) is 81.5 cm³/mol. The average molecular weight is 322 g/mol. The van der Waals surface area contributed by atoms with Gasteiger partial charge in [0.05, 0.1) is 0 Å². The van der Waals surface area contributed by atoms with Gasteiger partial charge in [-0.1, -0.05) is 52.4 Å². The molecule has 1 atom stereocenters. The Labute approximate surface area is 129 Å². The first-order chi connectivity index (χ1) is 9.99. The van der Waals surface area contributed by atoms with Crippen molar-refractivity contribution in [2.75, 3.05) is 6.54 Å². The molecule has 0 aliphatic carbocycles. The van der Waals surface area contributed by atoms with E-state index in [9.17, 15) is 13.2 Å². The first kappa shape index (κ1) is 18.4. The lowest BCUT2D eigenvalue weighted by Gasteiger charge is -2.15. The lowest BCUT2D eigenvalue weighted by Crippen LogP contribution is -2.19. The summed E-state index contributed by atoms with van der Waals surface area (Å²) in [6.45, 7) is 4.91. The standard InChI is InChI=1S/C15H25F3N2S/c1-3-5-6-7-8-9-10-12(19-4-2)13-11-20-14(21-13)15(16,17)18/h11-12,19H,3-10H2,1-2H3. The third kappa shape index (κ3) is 6.78. The van der Waals surface area contributed by atoms with Crippen LogP contribution in [0.25, 0.3) is 0 Å². The average Bonchev–Trinajstić information content (AvgIpc) is 2.91. The van der Waals surface area contributed by atoms with Gasteiger partial charge in [0.2, 0.25) is 0 Å². The van der Waals surface area contributed by atoms with Crippen LogP contribution in [-0.2, 0) is 6.18 Å². The highest BCUT2D eigenvalue weighted by Crippen LogP contribution is 2.35. The number of nitrogens with one attached hydrogen (secondary N) is 1. The van der Waals surface area contributed by atoms with E-state index in [-0.39, 0.29) is 6.04 Å². The highest BCUT2D eigenvalue weighted by Gasteiger charge is 2.35. The van der Waals surface area contributed by atoms with Crippen molar-refractivity contribution >= 4 is 11.3 Å². The molecule has 1 aromatic rings. The summed E-state index contributed by atoms with van der Waals surface area (Å²) in [5.74, 6) is 0. The molecular formula is C15H25F3N2S. The van der Waals surface area contributed by atoms with Crippen LogP contribution in [0.1, 0.15) is 74.7 Å². The van der Waals surface area contributed by atoms with Gasteiger partial charge in [0.15, 0.2) is 5.01 Å². The lowest BCUT2D eigenvalue weighted by atomic mass is 10.0. The molecule has 1 aromatic heterocycles. The Balaban J connectivity index is 2.47. The van der Waals surface area contributed by atoms with Crippen molar-refractivity contribution in [2.45, 2.75) is 71.0 Å². The van der Waals surface area contributed by atoms with E-state index in [4.69, 9.17) is 0 Å². The second-order valence-corrected chi connectivity index (χ2v) is 6.29. The molecule has 0 spiro atoms. The number of hydrogen-bond donors (Lipinski definition) is 1. The van der Waals surface area contributed by atoms with Crippen LogP contribution in [-0.4, -0.2) is 11.5 Å². The molecule has 1 unspecified atom stereocenters. The van der Waals surface area contributed by atoms with Crippen LogP contribution in [0.5, 0.6) is 0 Å². The minimum atomic E-state index is -4.33. The number of alkyl halides is 3. The molecule has 21 heavy (non-hydrogen) atoms. The van der Waals surface area contributed by atoms with Gasteiger partial charge in [-0.25, -0.2) is 4.98 Å². The van der Waals surface area contributed by atoms with Crippen molar-refractivity contribution in [1.29, 1.82) is 0 Å². The molecule has 1 heterocycles. The van der Waals surface area contributed by atoms with Gasteiger partial charge in [-0.3, -0.25) is 0 Å². The quantitative estimate of drug-likeness (QED) is 0.570. The third-order valence-corrected chi connectivity index (χ3v) is 4.56. The highest BCUT2D eigenvalue weighted by molar-refractivity contribution is 7.11. The molecule has 0 saturated heterocycles. The monoisotopic (exact) mass is 322 g/mol. The van der Waals surface area contributed by atoms with Gasteiger partial charge in [0.25, 0.3) is 0 Å². The van der Waals surface area contributed by atoms with E-state index >= 15 is 0 Å². The van der Waals surface area contributed by atoms with Gasteiger partial charge in [0, 0.05) is 17.1 Å². The van der Waals surface area contributed by atoms with Gasteiger partial charge >= 0.3 is 6.18 Å². The summed E-state index contributed by atoms with van der Waals surface area (Å²) in [7, 11) is 0. The highest BCUT2D eigenvalue weighted by atomic mass is 32.1. The van der Waals surface area contributed by atoms with E-state index in [1.54, 1.807) is 0 Å². The largest absolute Gasteiger partial charge is 0.443 e. The van der Waals surface area contributed by atoms with Gasteiger partial charge < -0.3 is 5.32 Å². The summed E-state index contributed by atoms with van der Waals surface area (Å²) < 4.78 is 37.8. The number of hydrogen-bond acceptors (Lipinski definition) is 3. The summed E-state index contributed by atoms with van der Waals surface area (Å²) >= 11 is 0.761. The van der Waals surface area contributed by atoms with Crippen LogP contribution in [0, 0.1) is 0 Å². The number of halogens is 3. The second kappa shape index (κ2) is 9.41. The van der Waals surface area contributed by atoms with Crippen LogP contribution in [0.4, 0.5) is 13.2 Å². The summed E-state index contributed by atoms with van der Waals surface area (Å²) in [5, 5.41) is 2.52. The summed E-state index contributed by atoms with van der Waals surface area (Å²) in [5.41, 5.74) is 0. The van der Waals surface area contributed by atoms with E-state index in [1.807, 2.05) is 6.92 Å². The molecule has 6 heteroatoms. The fraction of sp³-hybridized carbons (Fsp3) is 0.800. The van der Waals surface area contributed by atoms with Gasteiger partial charge in [0.1, 0.15) is 0 Å². The van der Waals surface area contributed by atoms with Crippen molar-refractivity contribution in [2.24, 2.45) is 0 Å². The SMILES string of the molecule is CCCCCCCCC(NCC)c1cnc(C(F)(F)F)s1. The number of thiazole rings is 1. The Hall–Kier alpha value is -0.620. The van der Waals surface area contributed by atoms with E-state index < -0.39 is 11.2 Å². The molecule has 1 N–H and O–H groups in total. The molecule has 0 radical (unpaired) electrons. The Morgan fingerprint density at radius 3 is 2.38 bits per heavy atom. The zero-order chi connectivity index (χ0) is 15.7. The third-order valence-electron chi connectivity index (χ3n) is 3.41. The molecular weight excluding hydrogens is 297 g/mol. The van der Waals surface area contributed by atoms with Gasteiger partial charge in [-0.05, 0) is 13.0 Å². The van der Waals surface area contributed by atoms with Crippen molar-refractivity contribution in [3.8, 4) is 0 Å². The number of unbranched alkanes of at least 4 members (excludes halogenated alkanes) is 5. The molecule has 1 rings (SSSR count). The fourth-order valence-corrected chi connectivity index (χ4v) is 3.19. The molecule has 2 nitrogen and oxygen atoms in total. The number of rotatable bonds is 10. The molecule has 122 valence electrons. The van der Waals surface area contributed by atoms with Crippen LogP contribution in [0.15, 0.2) is 6.20 Å². The van der Waals surface area contributed by atoms with Crippen LogP contribution in [0.3, 0.4) is 0 Å². The first-order valence-electron chi connectivity index (χ1n) is 7.75. The minimum Gasteiger partial charge on any atom is -0.309 e. The van der Waals surface area contributed by atoms with Gasteiger partial charge in [-0.15, -0.1) is 11.3 Å². The van der Waals surface area contributed by atoms with Crippen LogP contribution < -0.4 is 5.32 Å². The maximum atomic E-state index is 12.6. The summed E-state index contributed by atoms with van der Waals surface area (Å²) in [6, 6.07) is -0.00484. The van der Waals surface area contributed by atoms with Gasteiger partial charge in [-0.2, -0.15) is 13.2 Å². The molecule has 0 aliphatic rings. The maximum absolute atomic E-state index is 12.6. The topological polar surface area (TPSA) is 24.9 Å². The Bertz CT molecular complexity index is 391. The summed E-state index contributed by atoms with van der Waals surface area (Å²) in [6.07, 6.45) is 5.05. The van der Waals surface area contributed by atoms with E-state index in [1.165, 1.54) is 31.9 Å². The van der Waals surface area contributed by atoms with Crippen molar-refractivity contribution in [1.82, 2.24) is 10.3 Å². The molecule has 0 fully saturated rings. The maximum Gasteiger partial charge on any atom is 0.443 e. The lowest BCUT2D eigenvalue weighted by molar-refractivity contribution is -0.137. The van der Waals surface area contributed by atoms with E-state index in [0.717, 1.165) is 37.1 Å².